The van der Waals surface area contributed by atoms with Crippen molar-refractivity contribution < 1.29 is 4.79 Å². The van der Waals surface area contributed by atoms with Crippen molar-refractivity contribution in [3.63, 3.8) is 0 Å². The Bertz CT molecular complexity index is 392. The molecule has 0 aliphatic carbocycles. The fourth-order valence-electron chi connectivity index (χ4n) is 1.22. The molecule has 17 heavy (non-hydrogen) atoms. The zero-order valence-corrected chi connectivity index (χ0v) is 10.6. The van der Waals surface area contributed by atoms with E-state index in [-0.39, 0.29) is 5.91 Å². The minimum Gasteiger partial charge on any atom is -0.385 e. The van der Waals surface area contributed by atoms with Gasteiger partial charge in [-0.25, -0.2) is 5.43 Å². The predicted octanol–water partition coefficient (Wildman–Crippen LogP) is 2.31. The lowest BCUT2D eigenvalue weighted by Crippen LogP contribution is -2.21. The molecule has 4 nitrogen and oxygen atoms in total. The van der Waals surface area contributed by atoms with Gasteiger partial charge in [0.15, 0.2) is 0 Å². The zero-order valence-electron chi connectivity index (χ0n) is 10.6. The van der Waals surface area contributed by atoms with E-state index in [4.69, 9.17) is 0 Å². The highest BCUT2D eigenvalue weighted by Crippen LogP contribution is 2.07. The third-order valence-corrected chi connectivity index (χ3v) is 2.14. The minimum atomic E-state index is -0.0780. The summed E-state index contributed by atoms with van der Waals surface area (Å²) >= 11 is 0. The molecule has 0 heterocycles. The van der Waals surface area contributed by atoms with Crippen LogP contribution in [0.25, 0.3) is 0 Å². The molecule has 1 aromatic carbocycles. The van der Waals surface area contributed by atoms with Crippen LogP contribution in [0.4, 0.5) is 5.69 Å². The first kappa shape index (κ1) is 13.2. The summed E-state index contributed by atoms with van der Waals surface area (Å²) in [6.45, 7) is 6.32. The molecule has 0 fully saturated rings. The number of amides is 1. The van der Waals surface area contributed by atoms with Gasteiger partial charge in [-0.15, -0.1) is 0 Å². The molecule has 0 spiro atoms. The quantitative estimate of drug-likeness (QED) is 0.605. The van der Waals surface area contributed by atoms with Crippen LogP contribution >= 0.6 is 0 Å². The van der Waals surface area contributed by atoms with Crippen molar-refractivity contribution in [2.24, 2.45) is 5.10 Å². The van der Waals surface area contributed by atoms with Gasteiger partial charge in [-0.2, -0.15) is 5.10 Å². The van der Waals surface area contributed by atoms with Crippen molar-refractivity contribution in [2.45, 2.75) is 27.2 Å². The first-order valence-corrected chi connectivity index (χ1v) is 5.68. The van der Waals surface area contributed by atoms with E-state index in [1.165, 1.54) is 5.56 Å². The van der Waals surface area contributed by atoms with Crippen molar-refractivity contribution >= 4 is 17.3 Å². The Balaban J connectivity index is 2.26. The van der Waals surface area contributed by atoms with Gasteiger partial charge in [-0.05, 0) is 32.9 Å². The van der Waals surface area contributed by atoms with Crippen molar-refractivity contribution in [1.82, 2.24) is 5.43 Å². The second kappa shape index (κ2) is 6.68. The van der Waals surface area contributed by atoms with E-state index in [0.29, 0.717) is 13.0 Å². The van der Waals surface area contributed by atoms with E-state index in [2.05, 4.69) is 15.8 Å². The van der Waals surface area contributed by atoms with Crippen LogP contribution in [0.3, 0.4) is 0 Å². The Kier molecular flexibility index (Phi) is 5.20. The fraction of sp³-hybridized carbons (Fsp3) is 0.385. The third-order valence-electron chi connectivity index (χ3n) is 2.14. The lowest BCUT2D eigenvalue weighted by molar-refractivity contribution is -0.120. The average Bonchev–Trinajstić information content (AvgIpc) is 2.29. The Morgan fingerprint density at radius 2 is 1.88 bits per heavy atom. The highest BCUT2D eigenvalue weighted by molar-refractivity contribution is 5.82. The first-order chi connectivity index (χ1) is 8.08. The number of anilines is 1. The molecule has 1 rings (SSSR count). The maximum absolute atomic E-state index is 11.3. The van der Waals surface area contributed by atoms with Gasteiger partial charge in [0.1, 0.15) is 0 Å². The summed E-state index contributed by atoms with van der Waals surface area (Å²) in [7, 11) is 0. The summed E-state index contributed by atoms with van der Waals surface area (Å²) in [5.41, 5.74) is 5.57. The molecule has 0 bridgehead atoms. The number of nitrogens with one attached hydrogen (secondary N) is 2. The molecule has 0 saturated carbocycles. The monoisotopic (exact) mass is 233 g/mol. The molecule has 0 radical (unpaired) electrons. The Labute approximate surface area is 102 Å². The summed E-state index contributed by atoms with van der Waals surface area (Å²) in [6, 6.07) is 8.07. The summed E-state index contributed by atoms with van der Waals surface area (Å²) in [4.78, 5) is 11.3. The van der Waals surface area contributed by atoms with Crippen LogP contribution < -0.4 is 10.7 Å². The summed E-state index contributed by atoms with van der Waals surface area (Å²) in [5, 5.41) is 7.03. The van der Waals surface area contributed by atoms with E-state index in [0.717, 1.165) is 11.4 Å². The number of hydrogen-bond acceptors (Lipinski definition) is 3. The van der Waals surface area contributed by atoms with Gasteiger partial charge in [0.05, 0.1) is 0 Å². The van der Waals surface area contributed by atoms with Gasteiger partial charge in [0.25, 0.3) is 0 Å². The molecule has 0 aliphatic heterocycles. The number of hydrazone groups is 1. The van der Waals surface area contributed by atoms with Crippen LogP contribution in [0.15, 0.2) is 29.4 Å². The topological polar surface area (TPSA) is 53.5 Å². The number of hydrogen-bond donors (Lipinski definition) is 2. The molecule has 0 aliphatic rings. The van der Waals surface area contributed by atoms with E-state index in [9.17, 15) is 4.79 Å². The number of rotatable bonds is 5. The molecule has 1 amide bonds. The second-order valence-corrected chi connectivity index (χ2v) is 4.14. The molecular formula is C13H19N3O. The maximum Gasteiger partial charge on any atom is 0.241 e. The number of aryl methyl sites for hydroxylation is 1. The molecule has 4 heteroatoms. The molecular weight excluding hydrogens is 214 g/mol. The van der Waals surface area contributed by atoms with Crippen LogP contribution in [0, 0.1) is 6.92 Å². The first-order valence-electron chi connectivity index (χ1n) is 5.68. The maximum atomic E-state index is 11.3. The van der Waals surface area contributed by atoms with Gasteiger partial charge in [0, 0.05) is 24.4 Å². The van der Waals surface area contributed by atoms with E-state index in [1.54, 1.807) is 0 Å². The van der Waals surface area contributed by atoms with Gasteiger partial charge in [-0.1, -0.05) is 17.7 Å². The van der Waals surface area contributed by atoms with Crippen molar-refractivity contribution in [3.05, 3.63) is 29.8 Å². The SMILES string of the molecule is CC(C)=NNC(=O)CCNc1ccc(C)cc1. The standard InChI is InChI=1S/C13H19N3O/c1-10(2)15-16-13(17)8-9-14-12-6-4-11(3)5-7-12/h4-7,14H,8-9H2,1-3H3,(H,16,17). The average molecular weight is 233 g/mol. The third kappa shape index (κ3) is 5.70. The Morgan fingerprint density at radius 3 is 2.47 bits per heavy atom. The number of benzene rings is 1. The largest absolute Gasteiger partial charge is 0.385 e. The van der Waals surface area contributed by atoms with Crippen molar-refractivity contribution in [2.75, 3.05) is 11.9 Å². The van der Waals surface area contributed by atoms with Crippen molar-refractivity contribution in [3.8, 4) is 0 Å². The fourth-order valence-corrected chi connectivity index (χ4v) is 1.22. The van der Waals surface area contributed by atoms with E-state index in [1.807, 2.05) is 45.0 Å². The van der Waals surface area contributed by atoms with Crippen molar-refractivity contribution in [1.29, 1.82) is 0 Å². The van der Waals surface area contributed by atoms with Gasteiger partial charge in [-0.3, -0.25) is 4.79 Å². The van der Waals surface area contributed by atoms with Crippen LogP contribution in [-0.2, 0) is 4.79 Å². The lowest BCUT2D eigenvalue weighted by Gasteiger charge is -2.05. The molecule has 2 N–H and O–H groups in total. The molecule has 0 unspecified atom stereocenters. The minimum absolute atomic E-state index is 0.0780. The van der Waals surface area contributed by atoms with Crippen LogP contribution in [0.2, 0.25) is 0 Å². The summed E-state index contributed by atoms with van der Waals surface area (Å²) in [5.74, 6) is -0.0780. The molecule has 1 aromatic rings. The predicted molar refractivity (Wildman–Crippen MR) is 71.2 cm³/mol. The van der Waals surface area contributed by atoms with E-state index < -0.39 is 0 Å². The molecule has 0 saturated heterocycles. The van der Waals surface area contributed by atoms with Gasteiger partial charge >= 0.3 is 0 Å². The van der Waals surface area contributed by atoms with Gasteiger partial charge < -0.3 is 5.32 Å². The number of carbonyl (C=O) groups excluding carboxylic acids is 1. The number of nitrogens with zero attached hydrogens (tertiary/aromatic N) is 1. The number of carbonyl (C=O) groups is 1. The highest BCUT2D eigenvalue weighted by Gasteiger charge is 1.99. The Morgan fingerprint density at radius 1 is 1.24 bits per heavy atom. The Hall–Kier alpha value is -1.84. The van der Waals surface area contributed by atoms with Crippen LogP contribution in [0.5, 0.6) is 0 Å². The lowest BCUT2D eigenvalue weighted by atomic mass is 10.2. The smallest absolute Gasteiger partial charge is 0.241 e. The molecule has 92 valence electrons. The summed E-state index contributed by atoms with van der Waals surface area (Å²) in [6.07, 6.45) is 0.407. The molecule has 0 atom stereocenters. The molecule has 0 aromatic heterocycles. The normalized spacial score (nSPS) is 9.59. The van der Waals surface area contributed by atoms with Crippen LogP contribution in [0.1, 0.15) is 25.8 Å². The second-order valence-electron chi connectivity index (χ2n) is 4.14. The van der Waals surface area contributed by atoms with Gasteiger partial charge in [0.2, 0.25) is 5.91 Å². The zero-order chi connectivity index (χ0) is 12.7. The highest BCUT2D eigenvalue weighted by atomic mass is 16.2. The summed E-state index contributed by atoms with van der Waals surface area (Å²) < 4.78 is 0. The van der Waals surface area contributed by atoms with Crippen LogP contribution in [-0.4, -0.2) is 18.2 Å². The van der Waals surface area contributed by atoms with E-state index >= 15 is 0 Å².